The van der Waals surface area contributed by atoms with Gasteiger partial charge in [-0.25, -0.2) is 0 Å². The number of hydrogen-bond acceptors (Lipinski definition) is 4. The number of amides is 1. The summed E-state index contributed by atoms with van der Waals surface area (Å²) in [6, 6.07) is 13.7. The summed E-state index contributed by atoms with van der Waals surface area (Å²) >= 11 is 0. The van der Waals surface area contributed by atoms with Crippen LogP contribution in [0.4, 0.5) is 5.69 Å². The number of nitrogens with zero attached hydrogens (tertiary/aromatic N) is 1. The van der Waals surface area contributed by atoms with Gasteiger partial charge in [-0.3, -0.25) is 4.79 Å². The Morgan fingerprint density at radius 3 is 2.31 bits per heavy atom. The molecule has 5 nitrogen and oxygen atoms in total. The average Bonchev–Trinajstić information content (AvgIpc) is 2.56. The second-order valence-corrected chi connectivity index (χ2v) is 6.96. The first kappa shape index (κ1) is 20.0. The molecule has 6 heteroatoms. The summed E-state index contributed by atoms with van der Waals surface area (Å²) in [7, 11) is 2.31. The lowest BCUT2D eigenvalue weighted by molar-refractivity contribution is -0.120. The quantitative estimate of drug-likeness (QED) is 0.661. The van der Waals surface area contributed by atoms with Crippen molar-refractivity contribution in [2.24, 2.45) is 0 Å². The minimum atomic E-state index is -1.62. The van der Waals surface area contributed by atoms with Crippen LogP contribution in [0.15, 0.2) is 42.5 Å². The number of carbonyl (C=O) groups is 1. The molecule has 0 aromatic heterocycles. The van der Waals surface area contributed by atoms with Gasteiger partial charge >= 0.3 is 7.12 Å². The van der Waals surface area contributed by atoms with Gasteiger partial charge in [0.15, 0.2) is 0 Å². The Kier molecular flexibility index (Phi) is 6.83. The largest absolute Gasteiger partial charge is 0.475 e. The van der Waals surface area contributed by atoms with Gasteiger partial charge in [0.25, 0.3) is 0 Å². The molecule has 0 aliphatic heterocycles. The van der Waals surface area contributed by atoms with Crippen molar-refractivity contribution in [3.63, 3.8) is 0 Å². The predicted molar refractivity (Wildman–Crippen MR) is 106 cm³/mol. The maximum atomic E-state index is 12.3. The Balaban J connectivity index is 2.01. The molecular weight excluding hydrogens is 327 g/mol. The Morgan fingerprint density at radius 1 is 1.12 bits per heavy atom. The summed E-state index contributed by atoms with van der Waals surface area (Å²) in [6.07, 6.45) is 0.568. The third kappa shape index (κ3) is 5.61. The van der Waals surface area contributed by atoms with Crippen LogP contribution in [-0.2, 0) is 17.6 Å². The molecule has 0 aliphatic carbocycles. The van der Waals surface area contributed by atoms with Gasteiger partial charge in [-0.15, -0.1) is 0 Å². The SMILES string of the molecule is Cc1ccc(C[C@H](NC(=O)Cc2ccc(N(C)C)cc2)B(O)O)c(C)c1. The molecule has 1 amide bonds. The highest BCUT2D eigenvalue weighted by Crippen LogP contribution is 2.14. The van der Waals surface area contributed by atoms with E-state index in [0.717, 1.165) is 27.9 Å². The van der Waals surface area contributed by atoms with E-state index in [0.29, 0.717) is 6.42 Å². The Morgan fingerprint density at radius 2 is 1.77 bits per heavy atom. The number of rotatable bonds is 7. The van der Waals surface area contributed by atoms with E-state index in [4.69, 9.17) is 0 Å². The minimum Gasteiger partial charge on any atom is -0.426 e. The van der Waals surface area contributed by atoms with Crippen molar-refractivity contribution in [3.05, 3.63) is 64.7 Å². The van der Waals surface area contributed by atoms with Crippen molar-refractivity contribution >= 4 is 18.7 Å². The molecule has 1 atom stereocenters. The van der Waals surface area contributed by atoms with E-state index in [1.165, 1.54) is 0 Å². The molecule has 0 saturated heterocycles. The maximum absolute atomic E-state index is 12.3. The van der Waals surface area contributed by atoms with Crippen LogP contribution in [0.2, 0.25) is 0 Å². The Hall–Kier alpha value is -2.31. The standard InChI is InChI=1S/C20H27BN2O3/c1-14-5-8-17(15(2)11-14)13-19(21(25)26)22-20(24)12-16-6-9-18(10-7-16)23(3)4/h5-11,19,25-26H,12-13H2,1-4H3,(H,22,24)/t19-/m0/s1. The summed E-state index contributed by atoms with van der Waals surface area (Å²) in [5, 5.41) is 22.1. The molecule has 0 unspecified atom stereocenters. The second kappa shape index (κ2) is 8.87. The highest BCUT2D eigenvalue weighted by Gasteiger charge is 2.26. The summed E-state index contributed by atoms with van der Waals surface area (Å²) in [6.45, 7) is 4.00. The van der Waals surface area contributed by atoms with Crippen LogP contribution in [-0.4, -0.2) is 43.1 Å². The third-order valence-corrected chi connectivity index (χ3v) is 4.46. The first-order valence-corrected chi connectivity index (χ1v) is 8.74. The molecule has 0 heterocycles. The van der Waals surface area contributed by atoms with Crippen molar-refractivity contribution in [1.82, 2.24) is 5.32 Å². The molecule has 26 heavy (non-hydrogen) atoms. The molecule has 2 aromatic rings. The minimum absolute atomic E-state index is 0.198. The number of hydrogen-bond donors (Lipinski definition) is 3. The van der Waals surface area contributed by atoms with Gasteiger partial charge in [0.05, 0.1) is 12.4 Å². The topological polar surface area (TPSA) is 72.8 Å². The van der Waals surface area contributed by atoms with Gasteiger partial charge in [0.2, 0.25) is 5.91 Å². The molecule has 3 N–H and O–H groups in total. The van der Waals surface area contributed by atoms with Crippen molar-refractivity contribution in [2.75, 3.05) is 19.0 Å². The zero-order valence-corrected chi connectivity index (χ0v) is 15.9. The van der Waals surface area contributed by atoms with E-state index in [-0.39, 0.29) is 12.3 Å². The third-order valence-electron chi connectivity index (χ3n) is 4.46. The number of benzene rings is 2. The lowest BCUT2D eigenvalue weighted by Crippen LogP contribution is -2.48. The summed E-state index contributed by atoms with van der Waals surface area (Å²) in [4.78, 5) is 14.3. The van der Waals surface area contributed by atoms with Gasteiger partial charge in [-0.1, -0.05) is 35.9 Å². The van der Waals surface area contributed by atoms with Gasteiger partial charge in [-0.05, 0) is 49.1 Å². The molecule has 0 aliphatic rings. The van der Waals surface area contributed by atoms with E-state index >= 15 is 0 Å². The van der Waals surface area contributed by atoms with E-state index < -0.39 is 13.1 Å². The van der Waals surface area contributed by atoms with Gasteiger partial charge in [0.1, 0.15) is 0 Å². The molecule has 0 saturated carbocycles. The van der Waals surface area contributed by atoms with Crippen LogP contribution in [0.1, 0.15) is 22.3 Å². The van der Waals surface area contributed by atoms with E-state index in [2.05, 4.69) is 5.32 Å². The fraction of sp³-hybridized carbons (Fsp3) is 0.350. The fourth-order valence-corrected chi connectivity index (χ4v) is 2.90. The maximum Gasteiger partial charge on any atom is 0.475 e. The first-order chi connectivity index (χ1) is 12.3. The predicted octanol–water partition coefficient (Wildman–Crippen LogP) is 1.65. The lowest BCUT2D eigenvalue weighted by Gasteiger charge is -2.19. The van der Waals surface area contributed by atoms with Gasteiger partial charge in [0, 0.05) is 19.8 Å². The zero-order chi connectivity index (χ0) is 19.3. The monoisotopic (exact) mass is 354 g/mol. The van der Waals surface area contributed by atoms with Crippen molar-refractivity contribution in [1.29, 1.82) is 0 Å². The normalized spacial score (nSPS) is 11.8. The molecule has 2 aromatic carbocycles. The summed E-state index contributed by atoms with van der Waals surface area (Å²) in [5.74, 6) is -0.976. The highest BCUT2D eigenvalue weighted by atomic mass is 16.4. The van der Waals surface area contributed by atoms with Crippen LogP contribution in [0, 0.1) is 13.8 Å². The molecule has 138 valence electrons. The molecule has 0 fully saturated rings. The van der Waals surface area contributed by atoms with Crippen LogP contribution in [0.25, 0.3) is 0 Å². The van der Waals surface area contributed by atoms with E-state index in [9.17, 15) is 14.8 Å². The Bertz CT molecular complexity index is 745. The number of nitrogens with one attached hydrogen (secondary N) is 1. The first-order valence-electron chi connectivity index (χ1n) is 8.74. The lowest BCUT2D eigenvalue weighted by atomic mass is 9.75. The average molecular weight is 354 g/mol. The van der Waals surface area contributed by atoms with Crippen molar-refractivity contribution in [3.8, 4) is 0 Å². The summed E-state index contributed by atoms with van der Waals surface area (Å²) < 4.78 is 0. The van der Waals surface area contributed by atoms with Gasteiger partial charge in [-0.2, -0.15) is 0 Å². The molecular formula is C20H27BN2O3. The fourth-order valence-electron chi connectivity index (χ4n) is 2.90. The second-order valence-electron chi connectivity index (χ2n) is 6.96. The number of aryl methyl sites for hydroxylation is 2. The Labute approximate surface area is 155 Å². The van der Waals surface area contributed by atoms with Crippen LogP contribution >= 0.6 is 0 Å². The summed E-state index contributed by atoms with van der Waals surface area (Å²) in [5.41, 5.74) is 5.16. The van der Waals surface area contributed by atoms with E-state index in [1.807, 2.05) is 75.3 Å². The van der Waals surface area contributed by atoms with Gasteiger partial charge < -0.3 is 20.3 Å². The molecule has 0 bridgehead atoms. The molecule has 0 spiro atoms. The van der Waals surface area contributed by atoms with Crippen molar-refractivity contribution in [2.45, 2.75) is 32.6 Å². The van der Waals surface area contributed by atoms with E-state index in [1.54, 1.807) is 0 Å². The molecule has 0 radical (unpaired) electrons. The van der Waals surface area contributed by atoms with Crippen molar-refractivity contribution < 1.29 is 14.8 Å². The van der Waals surface area contributed by atoms with Crippen LogP contribution < -0.4 is 10.2 Å². The smallest absolute Gasteiger partial charge is 0.426 e. The van der Waals surface area contributed by atoms with Crippen LogP contribution in [0.5, 0.6) is 0 Å². The van der Waals surface area contributed by atoms with Crippen LogP contribution in [0.3, 0.4) is 0 Å². The highest BCUT2D eigenvalue weighted by molar-refractivity contribution is 6.43. The zero-order valence-electron chi connectivity index (χ0n) is 15.9. The molecule has 2 rings (SSSR count). The number of carbonyl (C=O) groups excluding carboxylic acids is 1. The number of anilines is 1.